The number of carbonyl (C=O) groups excluding carboxylic acids is 1. The summed E-state index contributed by atoms with van der Waals surface area (Å²) in [4.78, 5) is 24.5. The minimum atomic E-state index is -0.468. The van der Waals surface area contributed by atoms with Crippen molar-refractivity contribution in [1.82, 2.24) is 0 Å². The van der Waals surface area contributed by atoms with Crippen LogP contribution in [0.5, 0.6) is 17.2 Å². The second-order valence-corrected chi connectivity index (χ2v) is 6.81. The molecule has 0 atom stereocenters. The zero-order chi connectivity index (χ0) is 21.8. The molecule has 0 aliphatic carbocycles. The molecule has 0 bridgehead atoms. The monoisotopic (exact) mass is 416 g/mol. The maximum absolute atomic E-state index is 12.4. The summed E-state index contributed by atoms with van der Waals surface area (Å²) in [5, 5.41) is 0.763. The van der Waals surface area contributed by atoms with Crippen molar-refractivity contribution in [2.75, 3.05) is 20.8 Å². The molecule has 0 aliphatic heterocycles. The van der Waals surface area contributed by atoms with Gasteiger partial charge in [-0.3, -0.25) is 4.79 Å². The summed E-state index contributed by atoms with van der Waals surface area (Å²) in [5.74, 6) is 1.67. The first kappa shape index (κ1) is 20.2. The molecule has 0 saturated carbocycles. The maximum atomic E-state index is 12.4. The first-order chi connectivity index (χ1) is 15.1. The summed E-state index contributed by atoms with van der Waals surface area (Å²) in [7, 11) is 3.17. The van der Waals surface area contributed by atoms with Gasteiger partial charge in [-0.25, -0.2) is 4.79 Å². The lowest BCUT2D eigenvalue weighted by Gasteiger charge is -2.09. The van der Waals surface area contributed by atoms with Crippen molar-refractivity contribution in [1.29, 1.82) is 0 Å². The predicted octanol–water partition coefficient (Wildman–Crippen LogP) is 4.74. The van der Waals surface area contributed by atoms with Crippen LogP contribution < -0.4 is 19.8 Å². The number of carbonyl (C=O) groups is 1. The van der Waals surface area contributed by atoms with Crippen LogP contribution in [0, 0.1) is 0 Å². The largest absolute Gasteiger partial charge is 0.497 e. The van der Waals surface area contributed by atoms with Crippen molar-refractivity contribution >= 4 is 16.8 Å². The van der Waals surface area contributed by atoms with Crippen LogP contribution in [0.1, 0.15) is 10.4 Å². The highest BCUT2D eigenvalue weighted by Crippen LogP contribution is 2.30. The molecule has 6 heteroatoms. The van der Waals surface area contributed by atoms with Gasteiger partial charge in [0.25, 0.3) is 0 Å². The average molecular weight is 416 g/mol. The van der Waals surface area contributed by atoms with E-state index < -0.39 is 5.63 Å². The fourth-order valence-electron chi connectivity index (χ4n) is 3.25. The molecule has 0 aliphatic rings. The molecule has 0 spiro atoms. The number of benzene rings is 3. The van der Waals surface area contributed by atoms with Crippen LogP contribution in [0.25, 0.3) is 22.1 Å². The average Bonchev–Trinajstić information content (AvgIpc) is 2.81. The van der Waals surface area contributed by atoms with E-state index in [9.17, 15) is 9.59 Å². The predicted molar refractivity (Wildman–Crippen MR) is 117 cm³/mol. The van der Waals surface area contributed by atoms with E-state index in [2.05, 4.69) is 0 Å². The first-order valence-corrected chi connectivity index (χ1v) is 9.60. The number of ether oxygens (including phenoxy) is 3. The van der Waals surface area contributed by atoms with Gasteiger partial charge < -0.3 is 18.6 Å². The number of Topliss-reactive ketones (excluding diaryl/α,β-unsaturated/α-hetero) is 1. The first-order valence-electron chi connectivity index (χ1n) is 9.60. The van der Waals surface area contributed by atoms with E-state index in [1.54, 1.807) is 50.6 Å². The zero-order valence-electron chi connectivity index (χ0n) is 17.1. The van der Waals surface area contributed by atoms with Gasteiger partial charge in [-0.15, -0.1) is 0 Å². The standard InChI is InChI=1S/C25H20O6/c1-28-18-7-3-16(4-8-18)22-14-25(27)31-24-13-20(11-12-21(22)24)30-15-23(26)17-5-9-19(29-2)10-6-17/h3-14H,15H2,1-2H3. The number of fused-ring (bicyclic) bond motifs is 1. The Labute approximate surface area is 178 Å². The fourth-order valence-corrected chi connectivity index (χ4v) is 3.25. The lowest BCUT2D eigenvalue weighted by Crippen LogP contribution is -2.11. The quantitative estimate of drug-likeness (QED) is 0.320. The molecule has 156 valence electrons. The van der Waals surface area contributed by atoms with Crippen molar-refractivity contribution in [2.45, 2.75) is 0 Å². The van der Waals surface area contributed by atoms with Gasteiger partial charge in [-0.2, -0.15) is 0 Å². The number of ketones is 1. The molecule has 1 aromatic heterocycles. The summed E-state index contributed by atoms with van der Waals surface area (Å²) in [6, 6.07) is 20.9. The third kappa shape index (κ3) is 4.43. The van der Waals surface area contributed by atoms with E-state index in [0.29, 0.717) is 22.6 Å². The molecule has 31 heavy (non-hydrogen) atoms. The van der Waals surface area contributed by atoms with Gasteiger partial charge in [0.2, 0.25) is 0 Å². The van der Waals surface area contributed by atoms with Gasteiger partial charge in [0, 0.05) is 23.1 Å². The molecule has 0 unspecified atom stereocenters. The third-order valence-electron chi connectivity index (χ3n) is 4.90. The molecular weight excluding hydrogens is 396 g/mol. The molecule has 3 aromatic carbocycles. The lowest BCUT2D eigenvalue weighted by molar-refractivity contribution is 0.0921. The minimum absolute atomic E-state index is 0.139. The Hall–Kier alpha value is -4.06. The molecule has 0 radical (unpaired) electrons. The van der Waals surface area contributed by atoms with Crippen LogP contribution in [0.15, 0.2) is 82.0 Å². The van der Waals surface area contributed by atoms with Crippen LogP contribution in [0.4, 0.5) is 0 Å². The molecule has 4 rings (SSSR count). The smallest absolute Gasteiger partial charge is 0.336 e. The summed E-state index contributed by atoms with van der Waals surface area (Å²) < 4.78 is 21.3. The van der Waals surface area contributed by atoms with Crippen LogP contribution in [0.2, 0.25) is 0 Å². The van der Waals surface area contributed by atoms with Gasteiger partial charge in [0.1, 0.15) is 22.8 Å². The highest BCUT2D eigenvalue weighted by atomic mass is 16.5. The highest BCUT2D eigenvalue weighted by Gasteiger charge is 2.11. The molecule has 4 aromatic rings. The van der Waals surface area contributed by atoms with Gasteiger partial charge >= 0.3 is 5.63 Å². The Morgan fingerprint density at radius 1 is 0.806 bits per heavy atom. The maximum Gasteiger partial charge on any atom is 0.336 e. The van der Waals surface area contributed by atoms with Gasteiger partial charge in [-0.05, 0) is 59.7 Å². The second kappa shape index (κ2) is 8.75. The van der Waals surface area contributed by atoms with Gasteiger partial charge in [-0.1, -0.05) is 12.1 Å². The van der Waals surface area contributed by atoms with E-state index >= 15 is 0 Å². The highest BCUT2D eigenvalue weighted by molar-refractivity contribution is 5.97. The topological polar surface area (TPSA) is 75.0 Å². The molecule has 0 N–H and O–H groups in total. The van der Waals surface area contributed by atoms with E-state index in [1.807, 2.05) is 30.3 Å². The zero-order valence-corrected chi connectivity index (χ0v) is 17.1. The van der Waals surface area contributed by atoms with Crippen molar-refractivity contribution < 1.29 is 23.4 Å². The Morgan fingerprint density at radius 3 is 2.06 bits per heavy atom. The van der Waals surface area contributed by atoms with Crippen molar-refractivity contribution in [3.63, 3.8) is 0 Å². The van der Waals surface area contributed by atoms with Crippen LogP contribution in [-0.2, 0) is 0 Å². The summed E-state index contributed by atoms with van der Waals surface area (Å²) >= 11 is 0. The molecule has 1 heterocycles. The molecule has 0 fully saturated rings. The molecular formula is C25H20O6. The SMILES string of the molecule is COc1ccc(C(=O)COc2ccc3c(-c4ccc(OC)cc4)cc(=O)oc3c2)cc1. The van der Waals surface area contributed by atoms with Crippen molar-refractivity contribution in [3.8, 4) is 28.4 Å². The molecule has 0 amide bonds. The van der Waals surface area contributed by atoms with Crippen LogP contribution in [-0.4, -0.2) is 26.6 Å². The molecule has 0 saturated heterocycles. The lowest BCUT2D eigenvalue weighted by atomic mass is 10.0. The number of hydrogen-bond donors (Lipinski definition) is 0. The van der Waals surface area contributed by atoms with Crippen molar-refractivity contribution in [3.05, 3.63) is 88.8 Å². The summed E-state index contributed by atoms with van der Waals surface area (Å²) in [5.41, 5.74) is 2.05. The van der Waals surface area contributed by atoms with Crippen LogP contribution >= 0.6 is 0 Å². The van der Waals surface area contributed by atoms with E-state index in [-0.39, 0.29) is 12.4 Å². The van der Waals surface area contributed by atoms with E-state index in [0.717, 1.165) is 22.3 Å². The minimum Gasteiger partial charge on any atom is -0.497 e. The van der Waals surface area contributed by atoms with Crippen LogP contribution in [0.3, 0.4) is 0 Å². The Bertz CT molecular complexity index is 1270. The van der Waals surface area contributed by atoms with Crippen molar-refractivity contribution in [2.24, 2.45) is 0 Å². The third-order valence-corrected chi connectivity index (χ3v) is 4.90. The van der Waals surface area contributed by atoms with E-state index in [4.69, 9.17) is 18.6 Å². The Kier molecular flexibility index (Phi) is 5.71. The molecule has 6 nitrogen and oxygen atoms in total. The van der Waals surface area contributed by atoms with Gasteiger partial charge in [0.15, 0.2) is 12.4 Å². The number of rotatable bonds is 7. The summed E-state index contributed by atoms with van der Waals surface area (Å²) in [6.07, 6.45) is 0. The number of methoxy groups -OCH3 is 2. The second-order valence-electron chi connectivity index (χ2n) is 6.81. The summed E-state index contributed by atoms with van der Waals surface area (Å²) in [6.45, 7) is -0.139. The Balaban J connectivity index is 1.57. The van der Waals surface area contributed by atoms with Gasteiger partial charge in [0.05, 0.1) is 14.2 Å². The fraction of sp³-hybridized carbons (Fsp3) is 0.120. The normalized spacial score (nSPS) is 10.6. The van der Waals surface area contributed by atoms with E-state index in [1.165, 1.54) is 6.07 Å². The Morgan fingerprint density at radius 2 is 1.42 bits per heavy atom. The number of hydrogen-bond acceptors (Lipinski definition) is 6.